The quantitative estimate of drug-likeness (QED) is 0.172. The number of carbonyl (C=O) groups excluding carboxylic acids is 5. The van der Waals surface area contributed by atoms with E-state index in [2.05, 4.69) is 0 Å². The highest BCUT2D eigenvalue weighted by Crippen LogP contribution is 2.36. The lowest BCUT2D eigenvalue weighted by molar-refractivity contribution is -0.155. The number of likely N-dealkylation sites (tertiary alicyclic amines) is 2. The normalized spacial score (nSPS) is 20.4. The van der Waals surface area contributed by atoms with E-state index in [0.29, 0.717) is 44.6 Å². The zero-order valence-corrected chi connectivity index (χ0v) is 27.6. The van der Waals surface area contributed by atoms with Crippen LogP contribution in [0, 0.1) is 11.3 Å². The molecule has 0 N–H and O–H groups in total. The first kappa shape index (κ1) is 36.6. The van der Waals surface area contributed by atoms with Crippen molar-refractivity contribution in [1.29, 1.82) is 0 Å². The molecule has 0 radical (unpaired) electrons. The molecule has 2 amide bonds. The van der Waals surface area contributed by atoms with Gasteiger partial charge in [-0.3, -0.25) is 14.4 Å². The smallest absolute Gasteiger partial charge is 0.410 e. The maximum Gasteiger partial charge on any atom is 0.410 e. The van der Waals surface area contributed by atoms with Crippen LogP contribution in [0.4, 0.5) is 9.59 Å². The number of esters is 2. The van der Waals surface area contributed by atoms with Crippen LogP contribution in [0.1, 0.15) is 91.4 Å². The van der Waals surface area contributed by atoms with Crippen molar-refractivity contribution in [2.45, 2.75) is 92.3 Å². The molecule has 2 atom stereocenters. The van der Waals surface area contributed by atoms with Gasteiger partial charge in [0.05, 0.1) is 19.1 Å². The first-order valence-electron chi connectivity index (χ1n) is 15.4. The van der Waals surface area contributed by atoms with E-state index in [4.69, 9.17) is 18.9 Å². The molecule has 0 aromatic heterocycles. The Balaban J connectivity index is 0.000000329. The second-order valence-corrected chi connectivity index (χ2v) is 13.0. The number of hydrogen-bond acceptors (Lipinski definition) is 9. The van der Waals surface area contributed by atoms with Crippen LogP contribution < -0.4 is 0 Å². The van der Waals surface area contributed by atoms with Crippen LogP contribution in [-0.2, 0) is 28.5 Å². The van der Waals surface area contributed by atoms with Crippen LogP contribution in [0.3, 0.4) is 0 Å². The molecule has 0 bridgehead atoms. The number of amides is 2. The maximum atomic E-state index is 13.2. The first-order chi connectivity index (χ1) is 20.5. The van der Waals surface area contributed by atoms with Gasteiger partial charge in [-0.2, -0.15) is 0 Å². The summed E-state index contributed by atoms with van der Waals surface area (Å²) in [5.74, 6) is -1.33. The van der Waals surface area contributed by atoms with Crippen LogP contribution >= 0.6 is 0 Å². The fraction of sp³-hybridized carbons (Fsp3) is 0.667. The van der Waals surface area contributed by atoms with Crippen LogP contribution in [0.2, 0.25) is 0 Å². The molecule has 0 saturated carbocycles. The molecule has 2 heterocycles. The summed E-state index contributed by atoms with van der Waals surface area (Å²) in [4.78, 5) is 65.0. The number of hydrogen-bond donors (Lipinski definition) is 0. The monoisotopic (exact) mass is 618 g/mol. The minimum Gasteiger partial charge on any atom is -0.466 e. The van der Waals surface area contributed by atoms with Crippen molar-refractivity contribution in [3.05, 3.63) is 35.9 Å². The van der Waals surface area contributed by atoms with Crippen molar-refractivity contribution in [3.8, 4) is 0 Å². The predicted octanol–water partition coefficient (Wildman–Crippen LogP) is 5.65. The van der Waals surface area contributed by atoms with Crippen LogP contribution in [0.15, 0.2) is 30.3 Å². The molecule has 0 spiro atoms. The minimum absolute atomic E-state index is 0.0333. The van der Waals surface area contributed by atoms with Gasteiger partial charge in [0.1, 0.15) is 16.6 Å². The van der Waals surface area contributed by atoms with E-state index in [1.54, 1.807) is 63.8 Å². The van der Waals surface area contributed by atoms with Gasteiger partial charge in [-0.1, -0.05) is 30.3 Å². The van der Waals surface area contributed by atoms with E-state index in [1.807, 2.05) is 26.8 Å². The molecule has 1 aromatic carbocycles. The number of ketones is 1. The average molecular weight is 619 g/mol. The highest BCUT2D eigenvalue weighted by Gasteiger charge is 2.51. The molecule has 2 aliphatic heterocycles. The van der Waals surface area contributed by atoms with Crippen molar-refractivity contribution in [2.75, 3.05) is 39.4 Å². The SMILES string of the molecule is CCOC(=O)C1(C(=O)c2ccccc2)CCCN(C(=O)OC(C)(C)C)C1.CCOC(=O)C1CCCN(C(=O)OC(C)(C)C)C1. The van der Waals surface area contributed by atoms with Gasteiger partial charge >= 0.3 is 24.1 Å². The summed E-state index contributed by atoms with van der Waals surface area (Å²) < 4.78 is 20.9. The third-order valence-electron chi connectivity index (χ3n) is 6.97. The third kappa shape index (κ3) is 10.8. The number of piperidine rings is 2. The molecule has 0 aliphatic carbocycles. The summed E-state index contributed by atoms with van der Waals surface area (Å²) in [5, 5.41) is 0. The molecule has 1 aromatic rings. The van der Waals surface area contributed by atoms with Crippen molar-refractivity contribution in [1.82, 2.24) is 9.80 Å². The Kier molecular flexibility index (Phi) is 13.2. The maximum absolute atomic E-state index is 13.2. The van der Waals surface area contributed by atoms with E-state index in [0.717, 1.165) is 12.8 Å². The van der Waals surface area contributed by atoms with Crippen LogP contribution in [0.5, 0.6) is 0 Å². The Morgan fingerprint density at radius 1 is 0.795 bits per heavy atom. The Morgan fingerprint density at radius 2 is 1.34 bits per heavy atom. The van der Waals surface area contributed by atoms with E-state index in [-0.39, 0.29) is 36.9 Å². The fourth-order valence-corrected chi connectivity index (χ4v) is 5.04. The minimum atomic E-state index is -1.40. The Morgan fingerprint density at radius 3 is 1.89 bits per heavy atom. The van der Waals surface area contributed by atoms with Gasteiger partial charge < -0.3 is 28.7 Å². The molecule has 11 nitrogen and oxygen atoms in total. The second-order valence-electron chi connectivity index (χ2n) is 13.0. The average Bonchev–Trinajstić information content (AvgIpc) is 2.96. The summed E-state index contributed by atoms with van der Waals surface area (Å²) in [5.41, 5.74) is -2.11. The predicted molar refractivity (Wildman–Crippen MR) is 164 cm³/mol. The molecular weight excluding hydrogens is 568 g/mol. The van der Waals surface area contributed by atoms with E-state index in [1.165, 1.54) is 4.90 Å². The fourth-order valence-electron chi connectivity index (χ4n) is 5.04. The highest BCUT2D eigenvalue weighted by atomic mass is 16.6. The van der Waals surface area contributed by atoms with E-state index < -0.39 is 28.7 Å². The van der Waals surface area contributed by atoms with Crippen molar-refractivity contribution >= 4 is 29.9 Å². The lowest BCUT2D eigenvalue weighted by Gasteiger charge is -2.40. The van der Waals surface area contributed by atoms with Gasteiger partial charge in [-0.05, 0) is 81.1 Å². The van der Waals surface area contributed by atoms with Crippen molar-refractivity contribution in [2.24, 2.45) is 11.3 Å². The molecule has 2 unspecified atom stereocenters. The zero-order valence-electron chi connectivity index (χ0n) is 27.6. The number of carbonyl (C=O) groups is 5. The lowest BCUT2D eigenvalue weighted by atomic mass is 9.74. The molecular formula is C33H50N2O9. The van der Waals surface area contributed by atoms with Crippen LogP contribution in [-0.4, -0.2) is 90.3 Å². The standard InChI is InChI=1S/C20H27NO5.C13H23NO4/c1-5-25-17(23)20(16(22)15-10-7-6-8-11-15)12-9-13-21(14-20)18(24)26-19(2,3)4;1-5-17-11(15)10-7-6-8-14(9-10)12(16)18-13(2,3)4/h6-8,10-11H,5,9,12-14H2,1-4H3;10H,5-9H2,1-4H3. The summed E-state index contributed by atoms with van der Waals surface area (Å²) in [6.45, 7) is 16.3. The highest BCUT2D eigenvalue weighted by molar-refractivity contribution is 6.13. The third-order valence-corrected chi connectivity index (χ3v) is 6.97. The largest absolute Gasteiger partial charge is 0.466 e. The van der Waals surface area contributed by atoms with Gasteiger partial charge in [0, 0.05) is 31.7 Å². The van der Waals surface area contributed by atoms with Crippen molar-refractivity contribution in [3.63, 3.8) is 0 Å². The molecule has 246 valence electrons. The van der Waals surface area contributed by atoms with Gasteiger partial charge in [0.15, 0.2) is 5.78 Å². The first-order valence-corrected chi connectivity index (χ1v) is 15.4. The topological polar surface area (TPSA) is 129 Å². The summed E-state index contributed by atoms with van der Waals surface area (Å²) in [7, 11) is 0. The number of ether oxygens (including phenoxy) is 4. The lowest BCUT2D eigenvalue weighted by Crippen LogP contribution is -2.55. The molecule has 11 heteroatoms. The number of Topliss-reactive ketones (excluding diaryl/α,β-unsaturated/α-hetero) is 1. The number of nitrogens with zero attached hydrogens (tertiary/aromatic N) is 2. The molecule has 2 saturated heterocycles. The number of rotatable bonds is 6. The molecule has 44 heavy (non-hydrogen) atoms. The van der Waals surface area contributed by atoms with Gasteiger partial charge in [-0.25, -0.2) is 9.59 Å². The number of benzene rings is 1. The Labute approximate surface area is 261 Å². The van der Waals surface area contributed by atoms with Gasteiger partial charge in [0.2, 0.25) is 0 Å². The molecule has 3 rings (SSSR count). The van der Waals surface area contributed by atoms with Crippen LogP contribution in [0.25, 0.3) is 0 Å². The van der Waals surface area contributed by atoms with E-state index >= 15 is 0 Å². The Hall–Kier alpha value is -3.63. The van der Waals surface area contributed by atoms with Crippen molar-refractivity contribution < 1.29 is 42.9 Å². The van der Waals surface area contributed by atoms with E-state index in [9.17, 15) is 24.0 Å². The summed E-state index contributed by atoms with van der Waals surface area (Å²) in [6, 6.07) is 8.66. The van der Waals surface area contributed by atoms with Gasteiger partial charge in [-0.15, -0.1) is 0 Å². The molecule has 2 fully saturated rings. The second kappa shape index (κ2) is 15.9. The summed E-state index contributed by atoms with van der Waals surface area (Å²) in [6.07, 6.45) is 1.58. The zero-order chi connectivity index (χ0) is 33.1. The molecule has 2 aliphatic rings. The summed E-state index contributed by atoms with van der Waals surface area (Å²) >= 11 is 0. The Bertz CT molecular complexity index is 1140. The van der Waals surface area contributed by atoms with Gasteiger partial charge in [0.25, 0.3) is 0 Å².